The van der Waals surface area contributed by atoms with Crippen LogP contribution in [0.1, 0.15) is 39.2 Å². The van der Waals surface area contributed by atoms with E-state index in [0.29, 0.717) is 13.1 Å². The first-order valence-electron chi connectivity index (χ1n) is 6.75. The van der Waals surface area contributed by atoms with Crippen molar-refractivity contribution in [1.29, 1.82) is 0 Å². The number of aromatic nitrogens is 2. The van der Waals surface area contributed by atoms with Crippen LogP contribution in [-0.2, 0) is 11.2 Å². The Balaban J connectivity index is 2.70. The summed E-state index contributed by atoms with van der Waals surface area (Å²) in [6.07, 6.45) is 0.873. The smallest absolute Gasteiger partial charge is 0.227 e. The molecule has 0 aromatic carbocycles. The molecule has 0 aliphatic carbocycles. The predicted octanol–water partition coefficient (Wildman–Crippen LogP) is 1.92. The maximum Gasteiger partial charge on any atom is 0.227 e. The van der Waals surface area contributed by atoms with Crippen molar-refractivity contribution in [3.05, 3.63) is 17.6 Å². The predicted molar refractivity (Wildman–Crippen MR) is 77.1 cm³/mol. The van der Waals surface area contributed by atoms with Gasteiger partial charge < -0.3 is 10.6 Å². The minimum absolute atomic E-state index is 0.0454. The van der Waals surface area contributed by atoms with Crippen molar-refractivity contribution in [2.24, 2.45) is 5.41 Å². The van der Waals surface area contributed by atoms with Crippen LogP contribution in [-0.4, -0.2) is 29.0 Å². The molecule has 1 rings (SSSR count). The van der Waals surface area contributed by atoms with Gasteiger partial charge in [0.2, 0.25) is 5.91 Å². The first-order valence-corrected chi connectivity index (χ1v) is 6.75. The molecule has 1 amide bonds. The summed E-state index contributed by atoms with van der Waals surface area (Å²) in [5.74, 6) is 1.57. The molecule has 0 radical (unpaired) electrons. The van der Waals surface area contributed by atoms with Crippen molar-refractivity contribution in [1.82, 2.24) is 15.3 Å². The highest BCUT2D eigenvalue weighted by Crippen LogP contribution is 2.17. The minimum atomic E-state index is -0.471. The Kier molecular flexibility index (Phi) is 5.27. The molecule has 0 bridgehead atoms. The Morgan fingerprint density at radius 2 is 2.00 bits per heavy atom. The molecular formula is C14H24N4O. The van der Waals surface area contributed by atoms with E-state index in [9.17, 15) is 4.79 Å². The third-order valence-corrected chi connectivity index (χ3v) is 2.92. The van der Waals surface area contributed by atoms with E-state index in [4.69, 9.17) is 0 Å². The van der Waals surface area contributed by atoms with E-state index in [1.807, 2.05) is 33.8 Å². The minimum Gasteiger partial charge on any atom is -0.369 e. The SMILES string of the molecule is CCNC(=O)C(C)(C)CNc1cc(CC)nc(C)n1. The average Bonchev–Trinajstić information content (AvgIpc) is 2.36. The van der Waals surface area contributed by atoms with Crippen LogP contribution in [0.3, 0.4) is 0 Å². The van der Waals surface area contributed by atoms with Gasteiger partial charge >= 0.3 is 0 Å². The number of aryl methyl sites for hydroxylation is 2. The largest absolute Gasteiger partial charge is 0.369 e. The fraction of sp³-hybridized carbons (Fsp3) is 0.643. The molecule has 0 atom stereocenters. The Morgan fingerprint density at radius 1 is 1.32 bits per heavy atom. The lowest BCUT2D eigenvalue weighted by molar-refractivity contribution is -0.128. The van der Waals surface area contributed by atoms with Gasteiger partial charge in [0, 0.05) is 24.8 Å². The molecule has 1 heterocycles. The van der Waals surface area contributed by atoms with Crippen LogP contribution < -0.4 is 10.6 Å². The number of amides is 1. The molecule has 0 spiro atoms. The third kappa shape index (κ3) is 4.50. The molecule has 0 saturated carbocycles. The second-order valence-electron chi connectivity index (χ2n) is 5.24. The van der Waals surface area contributed by atoms with Crippen molar-refractivity contribution in [3.63, 3.8) is 0 Å². The highest BCUT2D eigenvalue weighted by atomic mass is 16.2. The second-order valence-corrected chi connectivity index (χ2v) is 5.24. The van der Waals surface area contributed by atoms with Crippen LogP contribution in [0.2, 0.25) is 0 Å². The normalized spacial score (nSPS) is 11.2. The molecule has 106 valence electrons. The van der Waals surface area contributed by atoms with Crippen LogP contribution in [0.15, 0.2) is 6.07 Å². The molecule has 19 heavy (non-hydrogen) atoms. The topological polar surface area (TPSA) is 66.9 Å². The fourth-order valence-corrected chi connectivity index (χ4v) is 1.69. The molecular weight excluding hydrogens is 240 g/mol. The summed E-state index contributed by atoms with van der Waals surface area (Å²) in [4.78, 5) is 20.6. The fourth-order valence-electron chi connectivity index (χ4n) is 1.69. The summed E-state index contributed by atoms with van der Waals surface area (Å²) >= 11 is 0. The van der Waals surface area contributed by atoms with Gasteiger partial charge in [0.25, 0.3) is 0 Å². The number of carbonyl (C=O) groups excluding carboxylic acids is 1. The molecule has 1 aromatic heterocycles. The molecule has 0 unspecified atom stereocenters. The van der Waals surface area contributed by atoms with Crippen molar-refractivity contribution < 1.29 is 4.79 Å². The van der Waals surface area contributed by atoms with Crippen LogP contribution in [0, 0.1) is 12.3 Å². The zero-order chi connectivity index (χ0) is 14.5. The maximum atomic E-state index is 11.9. The molecule has 0 fully saturated rings. The van der Waals surface area contributed by atoms with E-state index in [2.05, 4.69) is 27.5 Å². The lowest BCUT2D eigenvalue weighted by atomic mass is 9.92. The van der Waals surface area contributed by atoms with Crippen LogP contribution in [0.5, 0.6) is 0 Å². The van der Waals surface area contributed by atoms with Crippen molar-refractivity contribution in [3.8, 4) is 0 Å². The molecule has 2 N–H and O–H groups in total. The monoisotopic (exact) mass is 264 g/mol. The second kappa shape index (κ2) is 6.50. The van der Waals surface area contributed by atoms with Crippen molar-refractivity contribution in [2.75, 3.05) is 18.4 Å². The number of anilines is 1. The van der Waals surface area contributed by atoms with E-state index >= 15 is 0 Å². The molecule has 5 nitrogen and oxygen atoms in total. The molecule has 0 aliphatic rings. The number of nitrogens with one attached hydrogen (secondary N) is 2. The van der Waals surface area contributed by atoms with Crippen LogP contribution in [0.4, 0.5) is 5.82 Å². The van der Waals surface area contributed by atoms with Crippen LogP contribution in [0.25, 0.3) is 0 Å². The zero-order valence-corrected chi connectivity index (χ0v) is 12.5. The summed E-state index contributed by atoms with van der Waals surface area (Å²) in [7, 11) is 0. The Hall–Kier alpha value is -1.65. The average molecular weight is 264 g/mol. The van der Waals surface area contributed by atoms with Crippen LogP contribution >= 0.6 is 0 Å². The number of carbonyl (C=O) groups is 1. The maximum absolute atomic E-state index is 11.9. The standard InChI is InChI=1S/C14H24N4O/c1-6-11-8-12(18-10(3)17-11)16-9-14(4,5)13(19)15-7-2/h8H,6-7,9H2,1-5H3,(H,15,19)(H,16,17,18). The van der Waals surface area contributed by atoms with E-state index < -0.39 is 5.41 Å². The zero-order valence-electron chi connectivity index (χ0n) is 12.5. The van der Waals surface area contributed by atoms with Gasteiger partial charge in [-0.05, 0) is 34.1 Å². The number of hydrogen-bond acceptors (Lipinski definition) is 4. The summed E-state index contributed by atoms with van der Waals surface area (Å²) < 4.78 is 0. The van der Waals surface area contributed by atoms with Gasteiger partial charge in [-0.1, -0.05) is 6.92 Å². The quantitative estimate of drug-likeness (QED) is 0.824. The Labute approximate surface area is 115 Å². The van der Waals surface area contributed by atoms with Crippen molar-refractivity contribution in [2.45, 2.75) is 41.0 Å². The summed E-state index contributed by atoms with van der Waals surface area (Å²) in [6, 6.07) is 1.93. The summed E-state index contributed by atoms with van der Waals surface area (Å²) in [5, 5.41) is 6.07. The summed E-state index contributed by atoms with van der Waals surface area (Å²) in [5.41, 5.74) is 0.534. The van der Waals surface area contributed by atoms with E-state index in [1.54, 1.807) is 0 Å². The van der Waals surface area contributed by atoms with E-state index in [0.717, 1.165) is 23.8 Å². The molecule has 1 aromatic rings. The Bertz CT molecular complexity index is 443. The van der Waals surface area contributed by atoms with Gasteiger partial charge in [0.1, 0.15) is 11.6 Å². The molecule has 0 saturated heterocycles. The first-order chi connectivity index (χ1) is 8.89. The van der Waals surface area contributed by atoms with Crippen molar-refractivity contribution >= 4 is 11.7 Å². The lowest BCUT2D eigenvalue weighted by Gasteiger charge is -2.24. The molecule has 0 aliphatic heterocycles. The number of nitrogens with zero attached hydrogens (tertiary/aromatic N) is 2. The third-order valence-electron chi connectivity index (χ3n) is 2.92. The number of hydrogen-bond donors (Lipinski definition) is 2. The van der Waals surface area contributed by atoms with Gasteiger partial charge in [-0.15, -0.1) is 0 Å². The van der Waals surface area contributed by atoms with Gasteiger partial charge in [0.05, 0.1) is 5.41 Å². The molecule has 5 heteroatoms. The Morgan fingerprint density at radius 3 is 2.58 bits per heavy atom. The van der Waals surface area contributed by atoms with Gasteiger partial charge in [-0.3, -0.25) is 4.79 Å². The first kappa shape index (κ1) is 15.4. The highest BCUT2D eigenvalue weighted by Gasteiger charge is 2.26. The van der Waals surface area contributed by atoms with E-state index in [-0.39, 0.29) is 5.91 Å². The lowest BCUT2D eigenvalue weighted by Crippen LogP contribution is -2.41. The van der Waals surface area contributed by atoms with Gasteiger partial charge in [0.15, 0.2) is 0 Å². The summed E-state index contributed by atoms with van der Waals surface area (Å²) in [6.45, 7) is 10.9. The number of rotatable bonds is 6. The van der Waals surface area contributed by atoms with Gasteiger partial charge in [-0.25, -0.2) is 9.97 Å². The highest BCUT2D eigenvalue weighted by molar-refractivity contribution is 5.82. The van der Waals surface area contributed by atoms with E-state index in [1.165, 1.54) is 0 Å². The van der Waals surface area contributed by atoms with Gasteiger partial charge in [-0.2, -0.15) is 0 Å².